The summed E-state index contributed by atoms with van der Waals surface area (Å²) in [5.74, 6) is 3.15. The molecular weight excluding hydrogens is 330 g/mol. The van der Waals surface area contributed by atoms with Gasteiger partial charge in [0.2, 0.25) is 0 Å². The summed E-state index contributed by atoms with van der Waals surface area (Å²) < 4.78 is 16.8. The third kappa shape index (κ3) is 4.59. The van der Waals surface area contributed by atoms with E-state index in [2.05, 4.69) is 21.7 Å². The second-order valence-corrected chi connectivity index (χ2v) is 5.90. The topological polar surface area (TPSA) is 64.1 Å². The van der Waals surface area contributed by atoms with Crippen molar-refractivity contribution in [3.8, 4) is 17.2 Å². The summed E-state index contributed by atoms with van der Waals surface area (Å²) in [6, 6.07) is 13.9. The van der Waals surface area contributed by atoms with Crippen LogP contribution < -0.4 is 24.8 Å². The number of fused-ring (bicyclic) bond motifs is 1. The smallest absolute Gasteiger partial charge is 0.195 e. The van der Waals surface area contributed by atoms with Crippen LogP contribution in [0.5, 0.6) is 17.2 Å². The van der Waals surface area contributed by atoms with Crippen LogP contribution in [0.1, 0.15) is 12.0 Å². The minimum atomic E-state index is 0.669. The molecule has 0 atom stereocenters. The number of ether oxygens (including phenoxy) is 3. The lowest BCUT2D eigenvalue weighted by Gasteiger charge is -2.14. The van der Waals surface area contributed by atoms with Gasteiger partial charge in [0.15, 0.2) is 17.5 Å². The molecule has 0 spiro atoms. The van der Waals surface area contributed by atoms with Gasteiger partial charge < -0.3 is 24.8 Å². The number of aliphatic imine (C=N–C) groups is 1. The molecule has 0 saturated carbocycles. The highest BCUT2D eigenvalue weighted by atomic mass is 16.5. The van der Waals surface area contributed by atoms with Gasteiger partial charge in [-0.3, -0.25) is 4.99 Å². The minimum absolute atomic E-state index is 0.669. The van der Waals surface area contributed by atoms with Crippen LogP contribution in [0.25, 0.3) is 0 Å². The Bertz CT molecular complexity index is 762. The Morgan fingerprint density at radius 1 is 1.12 bits per heavy atom. The fourth-order valence-electron chi connectivity index (χ4n) is 2.78. The van der Waals surface area contributed by atoms with Gasteiger partial charge in [0.05, 0.1) is 20.3 Å². The van der Waals surface area contributed by atoms with E-state index in [1.807, 2.05) is 36.4 Å². The van der Waals surface area contributed by atoms with Crippen LogP contribution in [0, 0.1) is 0 Å². The molecule has 0 fully saturated rings. The van der Waals surface area contributed by atoms with E-state index in [4.69, 9.17) is 14.2 Å². The Morgan fingerprint density at radius 3 is 2.73 bits per heavy atom. The molecule has 2 N–H and O–H groups in total. The number of methoxy groups -OCH3 is 1. The van der Waals surface area contributed by atoms with Gasteiger partial charge in [-0.25, -0.2) is 0 Å². The summed E-state index contributed by atoms with van der Waals surface area (Å²) >= 11 is 0. The maximum absolute atomic E-state index is 5.73. The molecule has 138 valence electrons. The lowest BCUT2D eigenvalue weighted by Crippen LogP contribution is -2.32. The highest BCUT2D eigenvalue weighted by Crippen LogP contribution is 2.32. The van der Waals surface area contributed by atoms with Crippen LogP contribution in [-0.2, 0) is 6.42 Å². The molecule has 1 aliphatic rings. The van der Waals surface area contributed by atoms with Gasteiger partial charge >= 0.3 is 0 Å². The summed E-state index contributed by atoms with van der Waals surface area (Å²) in [6.45, 7) is 2.10. The zero-order valence-electron chi connectivity index (χ0n) is 15.2. The molecule has 0 aliphatic carbocycles. The predicted molar refractivity (Wildman–Crippen MR) is 104 cm³/mol. The predicted octanol–water partition coefficient (Wildman–Crippen LogP) is 3.09. The van der Waals surface area contributed by atoms with Gasteiger partial charge in [0.25, 0.3) is 0 Å². The van der Waals surface area contributed by atoms with Crippen molar-refractivity contribution < 1.29 is 14.2 Å². The van der Waals surface area contributed by atoms with Gasteiger partial charge in [-0.05, 0) is 30.2 Å². The highest BCUT2D eigenvalue weighted by Gasteiger charge is 2.11. The fraction of sp³-hybridized carbons (Fsp3) is 0.350. The third-order valence-electron chi connectivity index (χ3n) is 4.11. The molecule has 0 amide bonds. The first-order chi connectivity index (χ1) is 12.8. The lowest BCUT2D eigenvalue weighted by molar-refractivity contribution is 0.297. The van der Waals surface area contributed by atoms with E-state index in [0.29, 0.717) is 19.2 Å². The van der Waals surface area contributed by atoms with Crippen LogP contribution in [0.15, 0.2) is 47.5 Å². The number of para-hydroxylation sites is 1. The Morgan fingerprint density at radius 2 is 1.92 bits per heavy atom. The van der Waals surface area contributed by atoms with Gasteiger partial charge in [0.1, 0.15) is 5.75 Å². The molecule has 3 rings (SSSR count). The number of anilines is 1. The maximum Gasteiger partial charge on any atom is 0.195 e. The molecule has 26 heavy (non-hydrogen) atoms. The molecule has 6 nitrogen and oxygen atoms in total. The molecule has 0 unspecified atom stereocenters. The van der Waals surface area contributed by atoms with Crippen molar-refractivity contribution >= 4 is 11.6 Å². The van der Waals surface area contributed by atoms with Crippen LogP contribution in [0.2, 0.25) is 0 Å². The van der Waals surface area contributed by atoms with E-state index in [1.165, 1.54) is 0 Å². The van der Waals surface area contributed by atoms with E-state index < -0.39 is 0 Å². The van der Waals surface area contributed by atoms with Crippen molar-refractivity contribution in [2.24, 2.45) is 4.99 Å². The summed E-state index contributed by atoms with van der Waals surface area (Å²) in [7, 11) is 3.44. The molecule has 0 radical (unpaired) electrons. The number of guanidine groups is 1. The Kier molecular flexibility index (Phi) is 6.19. The van der Waals surface area contributed by atoms with Crippen molar-refractivity contribution in [3.63, 3.8) is 0 Å². The van der Waals surface area contributed by atoms with Gasteiger partial charge in [-0.15, -0.1) is 0 Å². The van der Waals surface area contributed by atoms with Crippen LogP contribution in [0.3, 0.4) is 0 Å². The van der Waals surface area contributed by atoms with Crippen molar-refractivity contribution in [2.75, 3.05) is 39.2 Å². The SMILES string of the molecule is CN=C(NCCc1ccccc1OC)Nc1ccc2c(c1)OCCCO2. The molecule has 1 aliphatic heterocycles. The van der Waals surface area contributed by atoms with E-state index in [1.54, 1.807) is 14.2 Å². The average molecular weight is 355 g/mol. The van der Waals surface area contributed by atoms with Crippen molar-refractivity contribution in [3.05, 3.63) is 48.0 Å². The minimum Gasteiger partial charge on any atom is -0.496 e. The molecule has 1 heterocycles. The quantitative estimate of drug-likeness (QED) is 0.637. The molecule has 0 bridgehead atoms. The molecule has 0 aromatic heterocycles. The van der Waals surface area contributed by atoms with E-state index in [-0.39, 0.29) is 0 Å². The third-order valence-corrected chi connectivity index (χ3v) is 4.11. The van der Waals surface area contributed by atoms with E-state index in [0.717, 1.165) is 47.9 Å². The Balaban J connectivity index is 1.57. The number of hydrogen-bond donors (Lipinski definition) is 2. The van der Waals surface area contributed by atoms with Crippen molar-refractivity contribution in [2.45, 2.75) is 12.8 Å². The number of nitrogens with one attached hydrogen (secondary N) is 2. The standard InChI is InChI=1S/C20H25N3O3/c1-21-20(22-11-10-15-6-3-4-7-17(15)24-2)23-16-8-9-18-19(14-16)26-13-5-12-25-18/h3-4,6-9,14H,5,10-13H2,1-2H3,(H2,21,22,23). The van der Waals surface area contributed by atoms with Crippen LogP contribution in [-0.4, -0.2) is 39.9 Å². The second-order valence-electron chi connectivity index (χ2n) is 5.90. The fourth-order valence-corrected chi connectivity index (χ4v) is 2.78. The molecule has 2 aromatic rings. The van der Waals surface area contributed by atoms with E-state index >= 15 is 0 Å². The van der Waals surface area contributed by atoms with E-state index in [9.17, 15) is 0 Å². The van der Waals surface area contributed by atoms with Crippen LogP contribution in [0.4, 0.5) is 5.69 Å². The monoisotopic (exact) mass is 355 g/mol. The zero-order valence-corrected chi connectivity index (χ0v) is 15.2. The van der Waals surface area contributed by atoms with Gasteiger partial charge in [-0.1, -0.05) is 18.2 Å². The lowest BCUT2D eigenvalue weighted by atomic mass is 10.1. The van der Waals surface area contributed by atoms with Crippen molar-refractivity contribution in [1.82, 2.24) is 5.32 Å². The summed E-state index contributed by atoms with van der Waals surface area (Å²) in [5.41, 5.74) is 2.06. The first-order valence-electron chi connectivity index (χ1n) is 8.79. The molecule has 6 heteroatoms. The Labute approximate surface area is 154 Å². The zero-order chi connectivity index (χ0) is 18.2. The first-order valence-corrected chi connectivity index (χ1v) is 8.79. The number of hydrogen-bond acceptors (Lipinski definition) is 4. The van der Waals surface area contributed by atoms with Crippen molar-refractivity contribution in [1.29, 1.82) is 0 Å². The van der Waals surface area contributed by atoms with Gasteiger partial charge in [-0.2, -0.15) is 0 Å². The largest absolute Gasteiger partial charge is 0.496 e. The molecule has 2 aromatic carbocycles. The summed E-state index contributed by atoms with van der Waals surface area (Å²) in [4.78, 5) is 4.28. The van der Waals surface area contributed by atoms with Crippen LogP contribution >= 0.6 is 0 Å². The normalized spacial score (nSPS) is 13.7. The van der Waals surface area contributed by atoms with Gasteiger partial charge in [0, 0.05) is 31.8 Å². The Hall–Kier alpha value is -2.89. The number of nitrogens with zero attached hydrogens (tertiary/aromatic N) is 1. The average Bonchev–Trinajstić information content (AvgIpc) is 2.92. The number of benzene rings is 2. The first kappa shape index (κ1) is 17.9. The number of rotatable bonds is 5. The summed E-state index contributed by atoms with van der Waals surface area (Å²) in [6.07, 6.45) is 1.73. The molecule has 0 saturated heterocycles. The highest BCUT2D eigenvalue weighted by molar-refractivity contribution is 5.93. The second kappa shape index (κ2) is 8.99. The summed E-state index contributed by atoms with van der Waals surface area (Å²) in [5, 5.41) is 6.61. The maximum atomic E-state index is 5.73. The molecular formula is C20H25N3O3.